The molecular formula is C16H20ClN3. The molecule has 2 saturated carbocycles. The average molecular weight is 290 g/mol. The van der Waals surface area contributed by atoms with Crippen LogP contribution in [0.5, 0.6) is 0 Å². The molecule has 2 N–H and O–H groups in total. The molecule has 0 radical (unpaired) electrons. The highest BCUT2D eigenvalue weighted by Crippen LogP contribution is 2.45. The summed E-state index contributed by atoms with van der Waals surface area (Å²) >= 11 is 6.18. The smallest absolute Gasteiger partial charge is 0.113 e. The van der Waals surface area contributed by atoms with Gasteiger partial charge in [-0.2, -0.15) is 0 Å². The highest BCUT2D eigenvalue weighted by atomic mass is 35.5. The van der Waals surface area contributed by atoms with Gasteiger partial charge in [-0.3, -0.25) is 0 Å². The molecule has 1 aromatic carbocycles. The van der Waals surface area contributed by atoms with Gasteiger partial charge in [0.2, 0.25) is 0 Å². The van der Waals surface area contributed by atoms with Crippen LogP contribution in [0.25, 0.3) is 11.0 Å². The van der Waals surface area contributed by atoms with E-state index in [-0.39, 0.29) is 0 Å². The van der Waals surface area contributed by atoms with E-state index < -0.39 is 0 Å². The van der Waals surface area contributed by atoms with Crippen LogP contribution < -0.4 is 5.73 Å². The molecule has 4 rings (SSSR count). The Morgan fingerprint density at radius 3 is 2.85 bits per heavy atom. The Balaban J connectivity index is 1.87. The lowest BCUT2D eigenvalue weighted by atomic mass is 9.95. The second-order valence-corrected chi connectivity index (χ2v) is 6.67. The summed E-state index contributed by atoms with van der Waals surface area (Å²) in [6.45, 7) is 0.777. The molecule has 0 bridgehead atoms. The second kappa shape index (κ2) is 4.74. The van der Waals surface area contributed by atoms with Crippen LogP contribution in [0.4, 0.5) is 0 Å². The van der Waals surface area contributed by atoms with Crippen molar-refractivity contribution in [2.45, 2.75) is 44.1 Å². The Hall–Kier alpha value is -1.06. The number of hydrogen-bond donors (Lipinski definition) is 1. The number of aromatic nitrogens is 2. The van der Waals surface area contributed by atoms with Crippen LogP contribution in [-0.4, -0.2) is 16.1 Å². The van der Waals surface area contributed by atoms with Crippen molar-refractivity contribution in [3.63, 3.8) is 0 Å². The largest absolute Gasteiger partial charge is 0.330 e. The van der Waals surface area contributed by atoms with Crippen LogP contribution in [0.2, 0.25) is 5.02 Å². The van der Waals surface area contributed by atoms with Crippen LogP contribution in [0.15, 0.2) is 18.2 Å². The number of imidazole rings is 1. The first kappa shape index (κ1) is 12.7. The first-order chi connectivity index (χ1) is 9.78. The Bertz CT molecular complexity index is 644. The first-order valence-electron chi connectivity index (χ1n) is 7.65. The SMILES string of the molecule is NCC1CCCC1c1nc2ccc(Cl)cc2n1C1CC1. The maximum absolute atomic E-state index is 6.18. The van der Waals surface area contributed by atoms with E-state index in [1.807, 2.05) is 12.1 Å². The minimum atomic E-state index is 0.534. The van der Waals surface area contributed by atoms with Crippen molar-refractivity contribution < 1.29 is 0 Å². The van der Waals surface area contributed by atoms with Crippen molar-refractivity contribution in [2.75, 3.05) is 6.54 Å². The number of hydrogen-bond acceptors (Lipinski definition) is 2. The third-order valence-electron chi connectivity index (χ3n) is 4.88. The molecule has 0 aliphatic heterocycles. The molecule has 20 heavy (non-hydrogen) atoms. The van der Waals surface area contributed by atoms with Crippen molar-refractivity contribution in [2.24, 2.45) is 11.7 Å². The van der Waals surface area contributed by atoms with Crippen LogP contribution in [-0.2, 0) is 0 Å². The summed E-state index contributed by atoms with van der Waals surface area (Å²) in [4.78, 5) is 4.94. The van der Waals surface area contributed by atoms with Gasteiger partial charge < -0.3 is 10.3 Å². The third-order valence-corrected chi connectivity index (χ3v) is 5.12. The highest BCUT2D eigenvalue weighted by Gasteiger charge is 2.35. The molecule has 0 saturated heterocycles. The van der Waals surface area contributed by atoms with Gasteiger partial charge in [-0.25, -0.2) is 4.98 Å². The molecule has 106 valence electrons. The van der Waals surface area contributed by atoms with Gasteiger partial charge in [-0.15, -0.1) is 0 Å². The summed E-state index contributed by atoms with van der Waals surface area (Å²) in [6.07, 6.45) is 6.29. The molecule has 2 unspecified atom stereocenters. The van der Waals surface area contributed by atoms with Crippen LogP contribution in [0.3, 0.4) is 0 Å². The lowest BCUT2D eigenvalue weighted by Crippen LogP contribution is -2.20. The Morgan fingerprint density at radius 2 is 2.10 bits per heavy atom. The van der Waals surface area contributed by atoms with Gasteiger partial charge in [0, 0.05) is 17.0 Å². The van der Waals surface area contributed by atoms with Crippen LogP contribution in [0, 0.1) is 5.92 Å². The first-order valence-corrected chi connectivity index (χ1v) is 8.03. The van der Waals surface area contributed by atoms with Gasteiger partial charge in [0.15, 0.2) is 0 Å². The zero-order valence-corrected chi connectivity index (χ0v) is 12.3. The molecule has 4 heteroatoms. The van der Waals surface area contributed by atoms with E-state index >= 15 is 0 Å². The molecule has 2 atom stereocenters. The van der Waals surface area contributed by atoms with Crippen molar-refractivity contribution in [1.29, 1.82) is 0 Å². The van der Waals surface area contributed by atoms with Crippen LogP contribution >= 0.6 is 11.6 Å². The fraction of sp³-hybridized carbons (Fsp3) is 0.562. The van der Waals surface area contributed by atoms with Crippen molar-refractivity contribution >= 4 is 22.6 Å². The summed E-state index contributed by atoms with van der Waals surface area (Å²) in [5.41, 5.74) is 8.25. The maximum Gasteiger partial charge on any atom is 0.113 e. The highest BCUT2D eigenvalue weighted by molar-refractivity contribution is 6.31. The summed E-state index contributed by atoms with van der Waals surface area (Å²) in [5, 5.41) is 0.799. The Labute approximate surface area is 124 Å². The average Bonchev–Trinajstić information content (AvgIpc) is 3.05. The minimum Gasteiger partial charge on any atom is -0.330 e. The zero-order valence-electron chi connectivity index (χ0n) is 11.6. The van der Waals surface area contributed by atoms with Crippen molar-refractivity contribution in [3.8, 4) is 0 Å². The minimum absolute atomic E-state index is 0.534. The monoisotopic (exact) mass is 289 g/mol. The lowest BCUT2D eigenvalue weighted by Gasteiger charge is -2.19. The fourth-order valence-corrected chi connectivity index (χ4v) is 3.89. The molecule has 1 aromatic heterocycles. The van der Waals surface area contributed by atoms with Gasteiger partial charge in [-0.1, -0.05) is 18.0 Å². The standard InChI is InChI=1S/C16H20ClN3/c17-11-4-7-14-15(8-11)20(12-5-6-12)16(19-14)13-3-1-2-10(13)9-18/h4,7-8,10,12-13H,1-3,5-6,9,18H2. The quantitative estimate of drug-likeness (QED) is 0.932. The van der Waals surface area contributed by atoms with E-state index in [1.54, 1.807) is 0 Å². The summed E-state index contributed by atoms with van der Waals surface area (Å²) in [6, 6.07) is 6.69. The number of halogens is 1. The van der Waals surface area contributed by atoms with Gasteiger partial charge in [0.25, 0.3) is 0 Å². The molecule has 2 aliphatic carbocycles. The topological polar surface area (TPSA) is 43.8 Å². The van der Waals surface area contributed by atoms with Gasteiger partial charge in [0.05, 0.1) is 11.0 Å². The van der Waals surface area contributed by atoms with Crippen LogP contribution in [0.1, 0.15) is 49.9 Å². The molecule has 0 spiro atoms. The summed E-state index contributed by atoms with van der Waals surface area (Å²) in [5.74, 6) is 2.39. The predicted molar refractivity (Wildman–Crippen MR) is 82.2 cm³/mol. The third kappa shape index (κ3) is 1.95. The molecule has 2 aromatic rings. The number of nitrogens with two attached hydrogens (primary N) is 1. The fourth-order valence-electron chi connectivity index (χ4n) is 3.72. The Morgan fingerprint density at radius 1 is 1.25 bits per heavy atom. The van der Waals surface area contributed by atoms with E-state index in [0.717, 1.165) is 17.1 Å². The number of nitrogens with zero attached hydrogens (tertiary/aromatic N) is 2. The van der Waals surface area contributed by atoms with E-state index in [2.05, 4.69) is 10.6 Å². The van der Waals surface area contributed by atoms with Gasteiger partial charge in [0.1, 0.15) is 5.82 Å². The van der Waals surface area contributed by atoms with Crippen molar-refractivity contribution in [1.82, 2.24) is 9.55 Å². The molecular weight excluding hydrogens is 270 g/mol. The van der Waals surface area contributed by atoms with Gasteiger partial charge >= 0.3 is 0 Å². The van der Waals surface area contributed by atoms with E-state index in [9.17, 15) is 0 Å². The van der Waals surface area contributed by atoms with Gasteiger partial charge in [-0.05, 0) is 56.3 Å². The number of fused-ring (bicyclic) bond motifs is 1. The van der Waals surface area contributed by atoms with E-state index in [4.69, 9.17) is 22.3 Å². The summed E-state index contributed by atoms with van der Waals surface area (Å²) < 4.78 is 2.46. The van der Waals surface area contributed by atoms with Crippen molar-refractivity contribution in [3.05, 3.63) is 29.0 Å². The molecule has 2 aliphatic rings. The van der Waals surface area contributed by atoms with E-state index in [1.165, 1.54) is 43.4 Å². The zero-order chi connectivity index (χ0) is 13.7. The number of rotatable bonds is 3. The number of benzene rings is 1. The molecule has 0 amide bonds. The lowest BCUT2D eigenvalue weighted by molar-refractivity contribution is 0.461. The molecule has 1 heterocycles. The normalized spacial score (nSPS) is 26.5. The predicted octanol–water partition coefficient (Wildman–Crippen LogP) is 3.87. The maximum atomic E-state index is 6.18. The van der Waals surface area contributed by atoms with E-state index in [0.29, 0.717) is 17.9 Å². The molecule has 3 nitrogen and oxygen atoms in total. The summed E-state index contributed by atoms with van der Waals surface area (Å²) in [7, 11) is 0. The second-order valence-electron chi connectivity index (χ2n) is 6.24. The molecule has 2 fully saturated rings. The Kier molecular flexibility index (Phi) is 3.00.